The van der Waals surface area contributed by atoms with E-state index in [9.17, 15) is 9.90 Å². The molecular formula is C15H12BrN3O3. The third kappa shape index (κ3) is 3.18. The van der Waals surface area contributed by atoms with Crippen LogP contribution in [0.2, 0.25) is 0 Å². The van der Waals surface area contributed by atoms with Crippen LogP contribution in [0.25, 0.3) is 5.76 Å². The van der Waals surface area contributed by atoms with Crippen molar-refractivity contribution < 1.29 is 14.4 Å². The van der Waals surface area contributed by atoms with Gasteiger partial charge < -0.3 is 14.9 Å². The molecule has 0 atom stereocenters. The van der Waals surface area contributed by atoms with Crippen LogP contribution in [0.1, 0.15) is 16.9 Å². The van der Waals surface area contributed by atoms with Gasteiger partial charge in [0.1, 0.15) is 11.8 Å². The van der Waals surface area contributed by atoms with Crippen LogP contribution in [0.15, 0.2) is 39.0 Å². The number of aryl methyl sites for hydroxylation is 2. The van der Waals surface area contributed by atoms with E-state index in [1.807, 2.05) is 6.92 Å². The van der Waals surface area contributed by atoms with Crippen molar-refractivity contribution in [3.05, 3.63) is 51.3 Å². The van der Waals surface area contributed by atoms with Crippen molar-refractivity contribution in [3.8, 4) is 6.07 Å². The predicted octanol–water partition coefficient (Wildman–Crippen LogP) is 3.49. The molecule has 0 saturated heterocycles. The second-order valence-corrected chi connectivity index (χ2v) is 5.40. The van der Waals surface area contributed by atoms with Crippen LogP contribution in [-0.4, -0.2) is 16.2 Å². The Morgan fingerprint density at radius 1 is 1.45 bits per heavy atom. The van der Waals surface area contributed by atoms with Crippen molar-refractivity contribution in [2.75, 3.05) is 5.32 Å². The molecule has 1 aromatic heterocycles. The molecule has 0 fully saturated rings. The van der Waals surface area contributed by atoms with Gasteiger partial charge in [0.05, 0.1) is 11.8 Å². The molecule has 22 heavy (non-hydrogen) atoms. The van der Waals surface area contributed by atoms with E-state index in [-0.39, 0.29) is 5.56 Å². The number of amides is 1. The second-order valence-electron chi connectivity index (χ2n) is 4.55. The molecule has 2 N–H and O–H groups in total. The highest BCUT2D eigenvalue weighted by molar-refractivity contribution is 9.10. The Morgan fingerprint density at radius 2 is 2.18 bits per heavy atom. The molecule has 0 aliphatic carbocycles. The minimum absolute atomic E-state index is 0.207. The SMILES string of the molecule is Cc1cc(NC(=O)C(C#N)=C(O)c2cnoc2C)ccc1Br. The molecule has 2 aromatic rings. The summed E-state index contributed by atoms with van der Waals surface area (Å²) in [5.41, 5.74) is 1.25. The van der Waals surface area contributed by atoms with Gasteiger partial charge in [-0.1, -0.05) is 21.1 Å². The molecule has 1 aromatic carbocycles. The van der Waals surface area contributed by atoms with E-state index in [4.69, 9.17) is 9.78 Å². The van der Waals surface area contributed by atoms with Crippen molar-refractivity contribution in [2.24, 2.45) is 0 Å². The summed E-state index contributed by atoms with van der Waals surface area (Å²) >= 11 is 3.36. The van der Waals surface area contributed by atoms with Gasteiger partial charge in [0.2, 0.25) is 0 Å². The Balaban J connectivity index is 2.32. The topological polar surface area (TPSA) is 99.2 Å². The first kappa shape index (κ1) is 15.8. The number of aromatic nitrogens is 1. The summed E-state index contributed by atoms with van der Waals surface area (Å²) in [6, 6.07) is 6.92. The molecule has 0 spiro atoms. The monoisotopic (exact) mass is 361 g/mol. The third-order valence-corrected chi connectivity index (χ3v) is 3.89. The van der Waals surface area contributed by atoms with E-state index < -0.39 is 17.2 Å². The van der Waals surface area contributed by atoms with Gasteiger partial charge in [0.15, 0.2) is 11.3 Å². The number of carbonyl (C=O) groups is 1. The quantitative estimate of drug-likeness (QED) is 0.495. The highest BCUT2D eigenvalue weighted by Crippen LogP contribution is 2.22. The zero-order valence-electron chi connectivity index (χ0n) is 11.8. The van der Waals surface area contributed by atoms with Crippen molar-refractivity contribution in [1.82, 2.24) is 5.16 Å². The summed E-state index contributed by atoms with van der Waals surface area (Å²) in [6.07, 6.45) is 1.25. The lowest BCUT2D eigenvalue weighted by molar-refractivity contribution is -0.112. The van der Waals surface area contributed by atoms with Gasteiger partial charge in [-0.25, -0.2) is 0 Å². The fourth-order valence-electron chi connectivity index (χ4n) is 1.79. The maximum absolute atomic E-state index is 12.2. The van der Waals surface area contributed by atoms with Crippen LogP contribution < -0.4 is 5.32 Å². The van der Waals surface area contributed by atoms with Crippen molar-refractivity contribution in [3.63, 3.8) is 0 Å². The summed E-state index contributed by atoms with van der Waals surface area (Å²) in [7, 11) is 0. The molecular weight excluding hydrogens is 350 g/mol. The second kappa shape index (κ2) is 6.45. The van der Waals surface area contributed by atoms with Gasteiger partial charge in [0, 0.05) is 10.2 Å². The van der Waals surface area contributed by atoms with Gasteiger partial charge >= 0.3 is 0 Å². The zero-order chi connectivity index (χ0) is 16.3. The molecule has 6 nitrogen and oxygen atoms in total. The van der Waals surface area contributed by atoms with Crippen molar-refractivity contribution >= 4 is 33.3 Å². The zero-order valence-corrected chi connectivity index (χ0v) is 13.4. The van der Waals surface area contributed by atoms with Gasteiger partial charge in [-0.05, 0) is 37.6 Å². The Morgan fingerprint density at radius 3 is 2.73 bits per heavy atom. The number of nitrogens with one attached hydrogen (secondary N) is 1. The fraction of sp³-hybridized carbons (Fsp3) is 0.133. The Labute approximate surface area is 135 Å². The van der Waals surface area contributed by atoms with E-state index in [0.717, 1.165) is 10.0 Å². The van der Waals surface area contributed by atoms with Crippen molar-refractivity contribution in [2.45, 2.75) is 13.8 Å². The minimum Gasteiger partial charge on any atom is -0.506 e. The van der Waals surface area contributed by atoms with Crippen LogP contribution >= 0.6 is 15.9 Å². The number of rotatable bonds is 3. The maximum Gasteiger partial charge on any atom is 0.270 e. The van der Waals surface area contributed by atoms with Crippen LogP contribution in [0.4, 0.5) is 5.69 Å². The number of hydrogen-bond acceptors (Lipinski definition) is 5. The first-order valence-corrected chi connectivity index (χ1v) is 7.05. The Hall–Kier alpha value is -2.59. The first-order valence-electron chi connectivity index (χ1n) is 6.26. The van der Waals surface area contributed by atoms with Gasteiger partial charge in [-0.2, -0.15) is 5.26 Å². The van der Waals surface area contributed by atoms with E-state index >= 15 is 0 Å². The molecule has 0 radical (unpaired) electrons. The number of benzene rings is 1. The standard InChI is InChI=1S/C15H12BrN3O3/c1-8-5-10(3-4-13(8)16)19-15(21)11(6-17)14(20)12-7-18-22-9(12)2/h3-5,7,20H,1-2H3,(H,19,21). The normalized spacial score (nSPS) is 11.5. The van der Waals surface area contributed by atoms with Gasteiger partial charge in [0.25, 0.3) is 5.91 Å². The summed E-state index contributed by atoms with van der Waals surface area (Å²) in [4.78, 5) is 12.2. The molecule has 0 aliphatic heterocycles. The van der Waals surface area contributed by atoms with Gasteiger partial charge in [-0.3, -0.25) is 4.79 Å². The van der Waals surface area contributed by atoms with Crippen LogP contribution in [-0.2, 0) is 4.79 Å². The lowest BCUT2D eigenvalue weighted by atomic mass is 10.1. The average Bonchev–Trinajstić information content (AvgIpc) is 2.89. The predicted molar refractivity (Wildman–Crippen MR) is 83.9 cm³/mol. The van der Waals surface area contributed by atoms with Gasteiger partial charge in [-0.15, -0.1) is 0 Å². The lowest BCUT2D eigenvalue weighted by Crippen LogP contribution is -2.15. The highest BCUT2D eigenvalue weighted by atomic mass is 79.9. The molecule has 1 amide bonds. The number of carbonyl (C=O) groups excluding carboxylic acids is 1. The fourth-order valence-corrected chi connectivity index (χ4v) is 2.03. The summed E-state index contributed by atoms with van der Waals surface area (Å²) < 4.78 is 5.72. The molecule has 1 heterocycles. The molecule has 0 bridgehead atoms. The number of nitriles is 1. The Kier molecular flexibility index (Phi) is 4.63. The smallest absolute Gasteiger partial charge is 0.270 e. The van der Waals surface area contributed by atoms with Crippen molar-refractivity contribution in [1.29, 1.82) is 5.26 Å². The number of aliphatic hydroxyl groups excluding tert-OH is 1. The number of halogens is 1. The average molecular weight is 362 g/mol. The lowest BCUT2D eigenvalue weighted by Gasteiger charge is -2.07. The van der Waals surface area contributed by atoms with Crippen LogP contribution in [0, 0.1) is 25.2 Å². The molecule has 0 unspecified atom stereocenters. The Bertz CT molecular complexity index is 803. The number of nitrogens with zero attached hydrogens (tertiary/aromatic N) is 2. The number of anilines is 1. The summed E-state index contributed by atoms with van der Waals surface area (Å²) in [5.74, 6) is -0.854. The van der Waals surface area contributed by atoms with E-state index in [1.54, 1.807) is 31.2 Å². The molecule has 0 saturated carbocycles. The van der Waals surface area contributed by atoms with E-state index in [0.29, 0.717) is 11.4 Å². The van der Waals surface area contributed by atoms with Crippen LogP contribution in [0.3, 0.4) is 0 Å². The third-order valence-electron chi connectivity index (χ3n) is 3.00. The number of hydrogen-bond donors (Lipinski definition) is 2. The molecule has 2 rings (SSSR count). The highest BCUT2D eigenvalue weighted by Gasteiger charge is 2.20. The van der Waals surface area contributed by atoms with E-state index in [2.05, 4.69) is 26.4 Å². The number of aliphatic hydroxyl groups is 1. The minimum atomic E-state index is -0.706. The van der Waals surface area contributed by atoms with E-state index in [1.165, 1.54) is 6.20 Å². The van der Waals surface area contributed by atoms with Crippen LogP contribution in [0.5, 0.6) is 0 Å². The molecule has 7 heteroatoms. The largest absolute Gasteiger partial charge is 0.506 e. The molecule has 112 valence electrons. The summed E-state index contributed by atoms with van der Waals surface area (Å²) in [6.45, 7) is 3.45. The maximum atomic E-state index is 12.2. The summed E-state index contributed by atoms with van der Waals surface area (Å²) in [5, 5.41) is 25.3. The molecule has 0 aliphatic rings. The first-order chi connectivity index (χ1) is 10.4.